The summed E-state index contributed by atoms with van der Waals surface area (Å²) in [5, 5.41) is 9.52. The Bertz CT molecular complexity index is 1220. The van der Waals surface area contributed by atoms with Crippen molar-refractivity contribution in [2.45, 2.75) is 19.8 Å². The predicted octanol–water partition coefficient (Wildman–Crippen LogP) is 4.37. The van der Waals surface area contributed by atoms with Crippen molar-refractivity contribution in [2.75, 3.05) is 26.2 Å². The first-order chi connectivity index (χ1) is 15.7. The summed E-state index contributed by atoms with van der Waals surface area (Å²) in [6.45, 7) is 5.48. The van der Waals surface area contributed by atoms with Crippen molar-refractivity contribution in [1.29, 1.82) is 0 Å². The highest BCUT2D eigenvalue weighted by Gasteiger charge is 2.21. The lowest BCUT2D eigenvalue weighted by Crippen LogP contribution is -2.46. The first-order valence-corrected chi connectivity index (χ1v) is 11.3. The molecule has 0 spiro atoms. The minimum absolute atomic E-state index is 0.236. The van der Waals surface area contributed by atoms with Gasteiger partial charge in [0, 0.05) is 43.5 Å². The lowest BCUT2D eigenvalue weighted by molar-refractivity contribution is -0.131. The molecule has 0 radical (unpaired) electrons. The molecule has 1 fully saturated rings. The molecule has 1 saturated heterocycles. The van der Waals surface area contributed by atoms with Crippen molar-refractivity contribution >= 4 is 16.8 Å². The SMILES string of the molecule is Cc1ccc2c(c(-c3ccccc3)nn2-c2ccccc2)c1CCC(=O)N1CCNCC1. The van der Waals surface area contributed by atoms with Crippen molar-refractivity contribution in [3.05, 3.63) is 83.9 Å². The number of benzene rings is 3. The van der Waals surface area contributed by atoms with Gasteiger partial charge in [-0.3, -0.25) is 4.79 Å². The Morgan fingerprint density at radius 3 is 2.34 bits per heavy atom. The number of para-hydroxylation sites is 1. The Hall–Kier alpha value is -3.44. The third-order valence-electron chi connectivity index (χ3n) is 6.30. The molecule has 1 aromatic heterocycles. The molecule has 0 saturated carbocycles. The van der Waals surface area contributed by atoms with Crippen LogP contribution >= 0.6 is 0 Å². The molecule has 32 heavy (non-hydrogen) atoms. The number of carbonyl (C=O) groups is 1. The van der Waals surface area contributed by atoms with E-state index in [0.717, 1.165) is 54.0 Å². The Morgan fingerprint density at radius 2 is 1.62 bits per heavy atom. The van der Waals surface area contributed by atoms with Crippen LogP contribution in [0.5, 0.6) is 0 Å². The lowest BCUT2D eigenvalue weighted by Gasteiger charge is -2.27. The Labute approximate surface area is 188 Å². The Balaban J connectivity index is 1.60. The molecule has 5 nitrogen and oxygen atoms in total. The molecule has 0 aliphatic carbocycles. The van der Waals surface area contributed by atoms with E-state index >= 15 is 0 Å². The first-order valence-electron chi connectivity index (χ1n) is 11.3. The largest absolute Gasteiger partial charge is 0.340 e. The molecule has 5 rings (SSSR count). The van der Waals surface area contributed by atoms with Gasteiger partial charge in [-0.05, 0) is 42.7 Å². The Morgan fingerprint density at radius 1 is 0.938 bits per heavy atom. The lowest BCUT2D eigenvalue weighted by atomic mass is 9.95. The van der Waals surface area contributed by atoms with E-state index in [1.54, 1.807) is 0 Å². The fourth-order valence-electron chi connectivity index (χ4n) is 4.57. The monoisotopic (exact) mass is 424 g/mol. The van der Waals surface area contributed by atoms with Crippen LogP contribution in [0.15, 0.2) is 72.8 Å². The highest BCUT2D eigenvalue weighted by molar-refractivity contribution is 5.97. The zero-order chi connectivity index (χ0) is 21.9. The molecule has 0 bridgehead atoms. The summed E-state index contributed by atoms with van der Waals surface area (Å²) in [4.78, 5) is 14.9. The van der Waals surface area contributed by atoms with Crippen molar-refractivity contribution in [2.24, 2.45) is 0 Å². The maximum absolute atomic E-state index is 12.9. The molecule has 1 aliphatic heterocycles. The number of aryl methyl sites for hydroxylation is 2. The summed E-state index contributed by atoms with van der Waals surface area (Å²) >= 11 is 0. The average molecular weight is 425 g/mol. The highest BCUT2D eigenvalue weighted by atomic mass is 16.2. The molecule has 0 unspecified atom stereocenters. The molecule has 5 heteroatoms. The van der Waals surface area contributed by atoms with Gasteiger partial charge < -0.3 is 10.2 Å². The van der Waals surface area contributed by atoms with E-state index in [1.165, 1.54) is 11.1 Å². The maximum atomic E-state index is 12.9. The van der Waals surface area contributed by atoms with E-state index in [-0.39, 0.29) is 5.91 Å². The van der Waals surface area contributed by atoms with Crippen molar-refractivity contribution < 1.29 is 4.79 Å². The van der Waals surface area contributed by atoms with E-state index < -0.39 is 0 Å². The van der Waals surface area contributed by atoms with Crippen LogP contribution in [0.1, 0.15) is 17.5 Å². The molecule has 1 amide bonds. The molecule has 2 heterocycles. The van der Waals surface area contributed by atoms with Crippen LogP contribution in [0, 0.1) is 6.92 Å². The van der Waals surface area contributed by atoms with E-state index in [1.807, 2.05) is 46.0 Å². The number of aromatic nitrogens is 2. The number of hydrogen-bond donors (Lipinski definition) is 1. The van der Waals surface area contributed by atoms with Crippen molar-refractivity contribution in [1.82, 2.24) is 20.0 Å². The third-order valence-corrected chi connectivity index (χ3v) is 6.30. The zero-order valence-corrected chi connectivity index (χ0v) is 18.4. The van der Waals surface area contributed by atoms with E-state index in [0.29, 0.717) is 12.8 Å². The zero-order valence-electron chi connectivity index (χ0n) is 18.4. The summed E-state index contributed by atoms with van der Waals surface area (Å²) in [6.07, 6.45) is 1.23. The molecule has 4 aromatic rings. The van der Waals surface area contributed by atoms with E-state index in [2.05, 4.69) is 48.6 Å². The van der Waals surface area contributed by atoms with Crippen molar-refractivity contribution in [3.63, 3.8) is 0 Å². The fraction of sp³-hybridized carbons (Fsp3) is 0.259. The average Bonchev–Trinajstić information content (AvgIpc) is 3.25. The molecule has 162 valence electrons. The van der Waals surface area contributed by atoms with Gasteiger partial charge in [-0.1, -0.05) is 54.6 Å². The summed E-state index contributed by atoms with van der Waals surface area (Å²) in [7, 11) is 0. The maximum Gasteiger partial charge on any atom is 0.222 e. The summed E-state index contributed by atoms with van der Waals surface area (Å²) in [5.41, 5.74) is 6.59. The van der Waals surface area contributed by atoms with Gasteiger partial charge in [0.05, 0.1) is 11.2 Å². The third kappa shape index (κ3) is 3.92. The quantitative estimate of drug-likeness (QED) is 0.518. The number of hydrogen-bond acceptors (Lipinski definition) is 3. The Kier molecular flexibility index (Phi) is 5.73. The molecule has 0 atom stereocenters. The van der Waals surface area contributed by atoms with Crippen LogP contribution in [-0.4, -0.2) is 46.8 Å². The summed E-state index contributed by atoms with van der Waals surface area (Å²) < 4.78 is 2.03. The van der Waals surface area contributed by atoms with Gasteiger partial charge in [0.1, 0.15) is 5.69 Å². The second-order valence-corrected chi connectivity index (χ2v) is 8.35. The molecule has 3 aromatic carbocycles. The number of piperazine rings is 1. The second kappa shape index (κ2) is 8.97. The van der Waals surface area contributed by atoms with Gasteiger partial charge in [-0.2, -0.15) is 5.10 Å². The minimum Gasteiger partial charge on any atom is -0.340 e. The number of fused-ring (bicyclic) bond motifs is 1. The first kappa shape index (κ1) is 20.5. The summed E-state index contributed by atoms with van der Waals surface area (Å²) in [5.74, 6) is 0.236. The van der Waals surface area contributed by atoms with Gasteiger partial charge in [-0.15, -0.1) is 0 Å². The number of amides is 1. The number of rotatable bonds is 5. The normalized spacial score (nSPS) is 14.1. The summed E-state index contributed by atoms with van der Waals surface area (Å²) in [6, 6.07) is 24.9. The molecule has 1 N–H and O–H groups in total. The van der Waals surface area contributed by atoms with Crippen LogP contribution in [0.4, 0.5) is 0 Å². The fourth-order valence-corrected chi connectivity index (χ4v) is 4.57. The number of carbonyl (C=O) groups excluding carboxylic acids is 1. The topological polar surface area (TPSA) is 50.2 Å². The van der Waals surface area contributed by atoms with Crippen LogP contribution in [0.25, 0.3) is 27.8 Å². The van der Waals surface area contributed by atoms with Crippen molar-refractivity contribution in [3.8, 4) is 16.9 Å². The highest BCUT2D eigenvalue weighted by Crippen LogP contribution is 2.34. The standard InChI is InChI=1S/C27H28N4O/c1-20-12-14-24-26(23(20)13-15-25(32)30-18-16-28-17-19-30)27(21-8-4-2-5-9-21)29-31(24)22-10-6-3-7-11-22/h2-12,14,28H,13,15-19H2,1H3. The van der Waals surface area contributed by atoms with Gasteiger partial charge in [0.2, 0.25) is 5.91 Å². The van der Waals surface area contributed by atoms with Crippen LogP contribution in [0.3, 0.4) is 0 Å². The molecular weight excluding hydrogens is 396 g/mol. The molecule has 1 aliphatic rings. The van der Waals surface area contributed by atoms with Crippen LogP contribution in [0.2, 0.25) is 0 Å². The molecular formula is C27H28N4O. The number of nitrogens with zero attached hydrogens (tertiary/aromatic N) is 3. The number of nitrogens with one attached hydrogen (secondary N) is 1. The van der Waals surface area contributed by atoms with Gasteiger partial charge in [0.25, 0.3) is 0 Å². The van der Waals surface area contributed by atoms with Gasteiger partial charge in [-0.25, -0.2) is 4.68 Å². The van der Waals surface area contributed by atoms with E-state index in [4.69, 9.17) is 5.10 Å². The van der Waals surface area contributed by atoms with E-state index in [9.17, 15) is 4.79 Å². The van der Waals surface area contributed by atoms with Gasteiger partial charge >= 0.3 is 0 Å². The van der Waals surface area contributed by atoms with Crippen LogP contribution in [-0.2, 0) is 11.2 Å². The van der Waals surface area contributed by atoms with Gasteiger partial charge in [0.15, 0.2) is 0 Å². The minimum atomic E-state index is 0.236. The smallest absolute Gasteiger partial charge is 0.222 e. The second-order valence-electron chi connectivity index (χ2n) is 8.35. The predicted molar refractivity (Wildman–Crippen MR) is 129 cm³/mol. The van der Waals surface area contributed by atoms with Crippen LogP contribution < -0.4 is 5.32 Å².